The molecule has 0 saturated carbocycles. The van der Waals surface area contributed by atoms with Crippen LogP contribution in [0.25, 0.3) is 0 Å². The second-order valence-electron chi connectivity index (χ2n) is 4.92. The summed E-state index contributed by atoms with van der Waals surface area (Å²) >= 11 is 0. The van der Waals surface area contributed by atoms with Crippen molar-refractivity contribution in [2.45, 2.75) is 52.4 Å². The van der Waals surface area contributed by atoms with Gasteiger partial charge in [0.1, 0.15) is 5.82 Å². The Morgan fingerprint density at radius 1 is 1.14 bits per heavy atom. The summed E-state index contributed by atoms with van der Waals surface area (Å²) < 4.78 is 0. The fraction of sp³-hybridized carbons (Fsp3) is 0.667. The summed E-state index contributed by atoms with van der Waals surface area (Å²) in [5.41, 5.74) is 4.13. The lowest BCUT2D eigenvalue weighted by Crippen LogP contribution is -2.27. The molecule has 0 unspecified atom stereocenters. The van der Waals surface area contributed by atoms with Crippen LogP contribution in [0.5, 0.6) is 0 Å². The number of aryl methyl sites for hydroxylation is 3. The summed E-state index contributed by atoms with van der Waals surface area (Å²) in [5.74, 6) is 0.916. The van der Waals surface area contributed by atoms with Crippen LogP contribution in [-0.4, -0.2) is 9.97 Å². The van der Waals surface area contributed by atoms with Gasteiger partial charge in [0.2, 0.25) is 0 Å². The average molecular weight is 190 g/mol. The van der Waals surface area contributed by atoms with Gasteiger partial charge in [0.25, 0.3) is 0 Å². The van der Waals surface area contributed by atoms with Crippen molar-refractivity contribution in [2.24, 2.45) is 0 Å². The first-order valence-electron chi connectivity index (χ1n) is 5.35. The Kier molecular flexibility index (Phi) is 2.09. The average Bonchev–Trinajstić information content (AvgIpc) is 2.00. The Hall–Kier alpha value is -0.920. The molecule has 0 atom stereocenters. The molecule has 0 fully saturated rings. The summed E-state index contributed by atoms with van der Waals surface area (Å²) in [4.78, 5) is 9.03. The summed E-state index contributed by atoms with van der Waals surface area (Å²) in [6, 6.07) is 0. The molecule has 1 aromatic heterocycles. The predicted molar refractivity (Wildman–Crippen MR) is 57.5 cm³/mol. The molecule has 14 heavy (non-hydrogen) atoms. The maximum atomic E-state index is 4.56. The molecule has 2 nitrogen and oxygen atoms in total. The third kappa shape index (κ3) is 1.43. The van der Waals surface area contributed by atoms with Crippen molar-refractivity contribution in [2.75, 3.05) is 0 Å². The van der Waals surface area contributed by atoms with Crippen LogP contribution >= 0.6 is 0 Å². The smallest absolute Gasteiger partial charge is 0.125 e. The van der Waals surface area contributed by atoms with Crippen LogP contribution in [0.15, 0.2) is 0 Å². The van der Waals surface area contributed by atoms with Crippen LogP contribution < -0.4 is 0 Å². The van der Waals surface area contributed by atoms with Crippen LogP contribution in [0.4, 0.5) is 0 Å². The molecule has 0 N–H and O–H groups in total. The van der Waals surface area contributed by atoms with E-state index in [1.165, 1.54) is 29.8 Å². The molecule has 0 saturated heterocycles. The molecule has 1 aliphatic carbocycles. The molecule has 0 spiro atoms. The van der Waals surface area contributed by atoms with Gasteiger partial charge in [-0.05, 0) is 38.5 Å². The first-order chi connectivity index (χ1) is 6.50. The molecule has 1 aliphatic rings. The lowest BCUT2D eigenvalue weighted by Gasteiger charge is -2.32. The second kappa shape index (κ2) is 3.04. The van der Waals surface area contributed by atoms with E-state index in [-0.39, 0.29) is 5.41 Å². The molecule has 0 aromatic carbocycles. The zero-order valence-electron chi connectivity index (χ0n) is 9.52. The van der Waals surface area contributed by atoms with Crippen molar-refractivity contribution in [3.8, 4) is 0 Å². The van der Waals surface area contributed by atoms with E-state index in [2.05, 4.69) is 30.7 Å². The third-order valence-corrected chi connectivity index (χ3v) is 3.17. The Labute approximate surface area is 85.8 Å². The summed E-state index contributed by atoms with van der Waals surface area (Å²) in [7, 11) is 0. The highest BCUT2D eigenvalue weighted by molar-refractivity contribution is 5.34. The maximum absolute atomic E-state index is 4.56. The summed E-state index contributed by atoms with van der Waals surface area (Å²) in [6.45, 7) is 8.70. The highest BCUT2D eigenvalue weighted by Gasteiger charge is 2.30. The van der Waals surface area contributed by atoms with Gasteiger partial charge in [0.05, 0.1) is 0 Å². The van der Waals surface area contributed by atoms with E-state index in [0.29, 0.717) is 0 Å². The molecule has 1 heterocycles. The predicted octanol–water partition coefficient (Wildman–Crippen LogP) is 2.71. The van der Waals surface area contributed by atoms with Gasteiger partial charge in [0, 0.05) is 17.0 Å². The molecule has 0 aliphatic heterocycles. The fourth-order valence-corrected chi connectivity index (χ4v) is 2.67. The van der Waals surface area contributed by atoms with Crippen molar-refractivity contribution in [3.05, 3.63) is 22.8 Å². The minimum absolute atomic E-state index is 0.269. The van der Waals surface area contributed by atoms with Gasteiger partial charge >= 0.3 is 0 Å². The molecule has 0 amide bonds. The van der Waals surface area contributed by atoms with Crippen molar-refractivity contribution in [1.29, 1.82) is 0 Å². The quantitative estimate of drug-likeness (QED) is 0.628. The Bertz CT molecular complexity index is 367. The lowest BCUT2D eigenvalue weighted by atomic mass is 9.74. The summed E-state index contributed by atoms with van der Waals surface area (Å²) in [6.07, 6.45) is 3.64. The van der Waals surface area contributed by atoms with Gasteiger partial charge in [-0.1, -0.05) is 13.8 Å². The minimum atomic E-state index is 0.269. The van der Waals surface area contributed by atoms with Gasteiger partial charge < -0.3 is 0 Å². The van der Waals surface area contributed by atoms with E-state index in [1.54, 1.807) is 0 Å². The monoisotopic (exact) mass is 190 g/mol. The van der Waals surface area contributed by atoms with Crippen LogP contribution in [0.2, 0.25) is 0 Å². The van der Waals surface area contributed by atoms with Crippen molar-refractivity contribution in [3.63, 3.8) is 0 Å². The van der Waals surface area contributed by atoms with E-state index in [0.717, 1.165) is 12.2 Å². The zero-order valence-corrected chi connectivity index (χ0v) is 9.52. The molecular weight excluding hydrogens is 172 g/mol. The van der Waals surface area contributed by atoms with Crippen LogP contribution in [0.1, 0.15) is 49.5 Å². The molecule has 0 bridgehead atoms. The minimum Gasteiger partial charge on any atom is -0.238 e. The number of nitrogens with zero attached hydrogens (tertiary/aromatic N) is 2. The van der Waals surface area contributed by atoms with Crippen LogP contribution in [0.3, 0.4) is 0 Å². The lowest BCUT2D eigenvalue weighted by molar-refractivity contribution is 0.420. The highest BCUT2D eigenvalue weighted by atomic mass is 14.9. The van der Waals surface area contributed by atoms with E-state index >= 15 is 0 Å². The number of hydrogen-bond donors (Lipinski definition) is 0. The van der Waals surface area contributed by atoms with Gasteiger partial charge in [-0.3, -0.25) is 0 Å². The highest BCUT2D eigenvalue weighted by Crippen LogP contribution is 2.37. The first-order valence-corrected chi connectivity index (χ1v) is 5.35. The van der Waals surface area contributed by atoms with Crippen molar-refractivity contribution in [1.82, 2.24) is 9.97 Å². The number of fused-ring (bicyclic) bond motifs is 1. The number of aromatic nitrogens is 2. The zero-order chi connectivity index (χ0) is 10.3. The molecular formula is C12H18N2. The Morgan fingerprint density at radius 2 is 1.86 bits per heavy atom. The topological polar surface area (TPSA) is 25.8 Å². The molecule has 76 valence electrons. The first kappa shape index (κ1) is 9.63. The molecule has 0 radical (unpaired) electrons. The molecule has 2 rings (SSSR count). The van der Waals surface area contributed by atoms with E-state index in [1.807, 2.05) is 6.92 Å². The van der Waals surface area contributed by atoms with Gasteiger partial charge in [-0.25, -0.2) is 9.97 Å². The van der Waals surface area contributed by atoms with E-state index in [9.17, 15) is 0 Å². The fourth-order valence-electron chi connectivity index (χ4n) is 2.67. The van der Waals surface area contributed by atoms with Gasteiger partial charge in [-0.15, -0.1) is 0 Å². The molecule has 1 aromatic rings. The Balaban J connectivity index is 2.63. The summed E-state index contributed by atoms with van der Waals surface area (Å²) in [5, 5.41) is 0. The number of rotatable bonds is 0. The van der Waals surface area contributed by atoms with E-state index in [4.69, 9.17) is 0 Å². The van der Waals surface area contributed by atoms with Crippen LogP contribution in [0, 0.1) is 13.8 Å². The number of hydrogen-bond acceptors (Lipinski definition) is 2. The Morgan fingerprint density at radius 3 is 2.57 bits per heavy atom. The second-order valence-corrected chi connectivity index (χ2v) is 4.92. The SMILES string of the molecule is Cc1nc(C)c2c(n1)CCCC2(C)C. The molecule has 2 heteroatoms. The normalized spacial score (nSPS) is 19.1. The van der Waals surface area contributed by atoms with Crippen molar-refractivity contribution >= 4 is 0 Å². The van der Waals surface area contributed by atoms with Gasteiger partial charge in [0.15, 0.2) is 0 Å². The van der Waals surface area contributed by atoms with E-state index < -0.39 is 0 Å². The standard InChI is InChI=1S/C12H18N2/c1-8-11-10(14-9(2)13-8)6-5-7-12(11,3)4/h5-7H2,1-4H3. The van der Waals surface area contributed by atoms with Crippen LogP contribution in [-0.2, 0) is 11.8 Å². The van der Waals surface area contributed by atoms with Gasteiger partial charge in [-0.2, -0.15) is 0 Å². The maximum Gasteiger partial charge on any atom is 0.125 e. The largest absolute Gasteiger partial charge is 0.238 e. The third-order valence-electron chi connectivity index (χ3n) is 3.17. The van der Waals surface area contributed by atoms with Crippen molar-refractivity contribution < 1.29 is 0 Å².